The van der Waals surface area contributed by atoms with Crippen LogP contribution in [-0.4, -0.2) is 22.6 Å². The van der Waals surface area contributed by atoms with Gasteiger partial charge in [-0.2, -0.15) is 0 Å². The topological polar surface area (TPSA) is 71.4 Å². The highest BCUT2D eigenvalue weighted by Crippen LogP contribution is 2.37. The molecule has 1 atom stereocenters. The summed E-state index contributed by atoms with van der Waals surface area (Å²) in [5, 5.41) is 8.68. The first-order chi connectivity index (χ1) is 13.8. The van der Waals surface area contributed by atoms with Crippen LogP contribution in [0.1, 0.15) is 83.6 Å². The molecule has 0 bridgehead atoms. The predicted molar refractivity (Wildman–Crippen MR) is 115 cm³/mol. The van der Waals surface area contributed by atoms with E-state index in [-0.39, 0.29) is 23.9 Å². The monoisotopic (exact) mass is 396 g/mol. The fourth-order valence-corrected chi connectivity index (χ4v) is 4.03. The minimum Gasteiger partial charge on any atom is -0.481 e. The van der Waals surface area contributed by atoms with Crippen molar-refractivity contribution in [2.24, 2.45) is 0 Å². The zero-order chi connectivity index (χ0) is 21.4. The summed E-state index contributed by atoms with van der Waals surface area (Å²) in [4.78, 5) is 36.2. The van der Waals surface area contributed by atoms with Gasteiger partial charge in [-0.25, -0.2) is 0 Å². The van der Waals surface area contributed by atoms with Crippen molar-refractivity contribution in [2.75, 3.05) is 0 Å². The third-order valence-corrected chi connectivity index (χ3v) is 5.92. The lowest BCUT2D eigenvalue weighted by molar-refractivity contribution is -0.137. The summed E-state index contributed by atoms with van der Waals surface area (Å²) < 4.78 is 0. The molecule has 4 heteroatoms. The van der Waals surface area contributed by atoms with Crippen LogP contribution in [-0.2, 0) is 14.4 Å². The fourth-order valence-electron chi connectivity index (χ4n) is 4.03. The van der Waals surface area contributed by atoms with Crippen LogP contribution < -0.4 is 0 Å². The second-order valence-electron chi connectivity index (χ2n) is 7.96. The maximum atomic E-state index is 13.1. The molecular weight excluding hydrogens is 364 g/mol. The number of allylic oxidation sites excluding steroid dienone is 4. The smallest absolute Gasteiger partial charge is 0.303 e. The van der Waals surface area contributed by atoms with E-state index in [9.17, 15) is 14.4 Å². The Hall–Kier alpha value is -2.49. The van der Waals surface area contributed by atoms with Crippen molar-refractivity contribution >= 4 is 17.5 Å². The van der Waals surface area contributed by atoms with Crippen LogP contribution in [0.4, 0.5) is 0 Å². The summed E-state index contributed by atoms with van der Waals surface area (Å²) in [5.74, 6) is -0.813. The van der Waals surface area contributed by atoms with E-state index in [2.05, 4.69) is 0 Å². The van der Waals surface area contributed by atoms with Crippen molar-refractivity contribution < 1.29 is 19.5 Å². The van der Waals surface area contributed by atoms with Crippen molar-refractivity contribution in [3.05, 3.63) is 58.2 Å². The van der Waals surface area contributed by atoms with Gasteiger partial charge in [0.15, 0.2) is 11.6 Å². The molecule has 0 saturated carbocycles. The molecule has 0 aromatic heterocycles. The van der Waals surface area contributed by atoms with Crippen molar-refractivity contribution in [2.45, 2.75) is 78.1 Å². The first kappa shape index (κ1) is 22.8. The molecule has 0 amide bonds. The van der Waals surface area contributed by atoms with E-state index < -0.39 is 5.97 Å². The zero-order valence-corrected chi connectivity index (χ0v) is 17.8. The van der Waals surface area contributed by atoms with Gasteiger partial charge < -0.3 is 5.11 Å². The summed E-state index contributed by atoms with van der Waals surface area (Å²) >= 11 is 0. The maximum absolute atomic E-state index is 13.1. The Morgan fingerprint density at radius 2 is 1.34 bits per heavy atom. The van der Waals surface area contributed by atoms with E-state index in [0.29, 0.717) is 22.3 Å². The number of hydrogen-bond acceptors (Lipinski definition) is 3. The van der Waals surface area contributed by atoms with Gasteiger partial charge in [0, 0.05) is 34.6 Å². The third kappa shape index (κ3) is 5.99. The molecule has 0 radical (unpaired) electrons. The molecule has 4 nitrogen and oxygen atoms in total. The molecule has 1 aliphatic carbocycles. The average Bonchev–Trinajstić information content (AvgIpc) is 2.71. The highest BCUT2D eigenvalue weighted by molar-refractivity contribution is 6.25. The predicted octanol–water partition coefficient (Wildman–Crippen LogP) is 5.78. The molecule has 1 aromatic rings. The molecule has 0 fully saturated rings. The molecule has 0 aliphatic heterocycles. The maximum Gasteiger partial charge on any atom is 0.303 e. The Labute approximate surface area is 173 Å². The van der Waals surface area contributed by atoms with Crippen molar-refractivity contribution in [1.82, 2.24) is 0 Å². The van der Waals surface area contributed by atoms with Gasteiger partial charge >= 0.3 is 5.97 Å². The van der Waals surface area contributed by atoms with Gasteiger partial charge in [0.05, 0.1) is 0 Å². The number of carboxylic acid groups (broad SMARTS) is 1. The number of rotatable bonds is 11. The van der Waals surface area contributed by atoms with Gasteiger partial charge in [-0.1, -0.05) is 62.4 Å². The van der Waals surface area contributed by atoms with Crippen LogP contribution in [0.3, 0.4) is 0 Å². The largest absolute Gasteiger partial charge is 0.481 e. The Kier molecular flexibility index (Phi) is 8.56. The zero-order valence-electron chi connectivity index (χ0n) is 17.8. The second-order valence-corrected chi connectivity index (χ2v) is 7.96. The molecule has 0 heterocycles. The fraction of sp³-hybridized carbons (Fsp3) is 0.480. The summed E-state index contributed by atoms with van der Waals surface area (Å²) in [5.41, 5.74) is 3.45. The van der Waals surface area contributed by atoms with E-state index in [1.165, 1.54) is 0 Å². The van der Waals surface area contributed by atoms with Crippen LogP contribution in [0.5, 0.6) is 0 Å². The van der Waals surface area contributed by atoms with Crippen molar-refractivity contribution in [3.8, 4) is 0 Å². The number of aliphatic carboxylic acids is 1. The van der Waals surface area contributed by atoms with Gasteiger partial charge in [0.2, 0.25) is 0 Å². The Bertz CT molecular complexity index is 814. The van der Waals surface area contributed by atoms with Gasteiger partial charge in [-0.15, -0.1) is 0 Å². The molecule has 29 heavy (non-hydrogen) atoms. The lowest BCUT2D eigenvalue weighted by Gasteiger charge is -2.26. The number of benzene rings is 1. The van der Waals surface area contributed by atoms with Crippen LogP contribution in [0, 0.1) is 0 Å². The van der Waals surface area contributed by atoms with E-state index in [4.69, 9.17) is 5.11 Å². The normalized spacial score (nSPS) is 15.8. The number of unbranched alkanes of at least 4 members (excludes halogenated alkanes) is 5. The van der Waals surface area contributed by atoms with Crippen LogP contribution >= 0.6 is 0 Å². The number of hydrogen-bond donors (Lipinski definition) is 1. The van der Waals surface area contributed by atoms with Gasteiger partial charge in [0.25, 0.3) is 0 Å². The SMILES string of the molecule is CC1=C(C)C(=O)C(C(CCCCCCCCC(=O)O)c2ccccc2)=C(C)C1=O. The molecule has 0 spiro atoms. The standard InChI is InChI=1S/C25H32O4/c1-17-18(2)25(29)23(19(3)24(17)28)21(20-13-9-8-10-14-20)15-11-6-4-5-7-12-16-22(26)27/h8-10,13-14,21H,4-7,11-12,15-16H2,1-3H3,(H,26,27). The molecule has 156 valence electrons. The molecule has 2 rings (SSSR count). The van der Waals surface area contributed by atoms with E-state index in [1.54, 1.807) is 20.8 Å². The number of carboxylic acids is 1. The summed E-state index contributed by atoms with van der Waals surface area (Å²) in [7, 11) is 0. The average molecular weight is 397 g/mol. The third-order valence-electron chi connectivity index (χ3n) is 5.92. The lowest BCUT2D eigenvalue weighted by Crippen LogP contribution is -2.24. The first-order valence-corrected chi connectivity index (χ1v) is 10.6. The molecule has 0 saturated heterocycles. The van der Waals surface area contributed by atoms with Gasteiger partial charge in [-0.3, -0.25) is 14.4 Å². The van der Waals surface area contributed by atoms with E-state index in [1.807, 2.05) is 30.3 Å². The first-order valence-electron chi connectivity index (χ1n) is 10.6. The van der Waals surface area contributed by atoms with Crippen LogP contribution in [0.25, 0.3) is 0 Å². The Morgan fingerprint density at radius 1 is 0.793 bits per heavy atom. The molecule has 1 aliphatic rings. The number of carbonyl (C=O) groups excluding carboxylic acids is 2. The Morgan fingerprint density at radius 3 is 1.97 bits per heavy atom. The lowest BCUT2D eigenvalue weighted by atomic mass is 9.75. The van der Waals surface area contributed by atoms with Gasteiger partial charge in [-0.05, 0) is 39.2 Å². The van der Waals surface area contributed by atoms with Crippen LogP contribution in [0.15, 0.2) is 52.6 Å². The second kappa shape index (κ2) is 10.9. The quantitative estimate of drug-likeness (QED) is 0.380. The van der Waals surface area contributed by atoms with Gasteiger partial charge in [0.1, 0.15) is 0 Å². The molecular formula is C25H32O4. The Balaban J connectivity index is 2.05. The summed E-state index contributed by atoms with van der Waals surface area (Å²) in [6, 6.07) is 9.99. The summed E-state index contributed by atoms with van der Waals surface area (Å²) in [6.07, 6.45) is 6.85. The minimum absolute atomic E-state index is 0.00197. The minimum atomic E-state index is -0.731. The summed E-state index contributed by atoms with van der Waals surface area (Å²) in [6.45, 7) is 5.27. The highest BCUT2D eigenvalue weighted by atomic mass is 16.4. The van der Waals surface area contributed by atoms with E-state index >= 15 is 0 Å². The van der Waals surface area contributed by atoms with Crippen molar-refractivity contribution in [1.29, 1.82) is 0 Å². The molecule has 1 aromatic carbocycles. The number of ketones is 2. The number of carbonyl (C=O) groups is 3. The molecule has 1 N–H and O–H groups in total. The number of Topliss-reactive ketones (excluding diaryl/α,β-unsaturated/α-hetero) is 2. The highest BCUT2D eigenvalue weighted by Gasteiger charge is 2.33. The molecule has 1 unspecified atom stereocenters. The van der Waals surface area contributed by atoms with E-state index in [0.717, 1.165) is 50.5 Å². The van der Waals surface area contributed by atoms with Crippen molar-refractivity contribution in [3.63, 3.8) is 0 Å². The van der Waals surface area contributed by atoms with Crippen LogP contribution in [0.2, 0.25) is 0 Å².